The number of benzene rings is 2. The van der Waals surface area contributed by atoms with E-state index in [0.29, 0.717) is 30.2 Å². The molecular weight excluding hydrogens is 316 g/mol. The molecule has 0 unspecified atom stereocenters. The Bertz CT molecular complexity index is 877. The molecule has 0 aliphatic carbocycles. The number of aromatic nitrogens is 1. The van der Waals surface area contributed by atoms with Gasteiger partial charge in [0, 0.05) is 35.9 Å². The third-order valence-corrected chi connectivity index (χ3v) is 4.25. The molecule has 3 aromatic rings. The summed E-state index contributed by atoms with van der Waals surface area (Å²) in [6.45, 7) is 3.33. The maximum absolute atomic E-state index is 12.4. The molecule has 0 saturated carbocycles. The summed E-state index contributed by atoms with van der Waals surface area (Å²) in [6, 6.07) is 15.6. The molecule has 1 aromatic heterocycles. The number of aryl methyl sites for hydroxylation is 1. The second-order valence-corrected chi connectivity index (χ2v) is 5.85. The zero-order chi connectivity index (χ0) is 17.8. The second-order valence-electron chi connectivity index (χ2n) is 5.85. The highest BCUT2D eigenvalue weighted by Crippen LogP contribution is 2.22. The van der Waals surface area contributed by atoms with Crippen LogP contribution in [0.4, 0.5) is 0 Å². The van der Waals surface area contributed by atoms with Crippen molar-refractivity contribution in [3.63, 3.8) is 0 Å². The summed E-state index contributed by atoms with van der Waals surface area (Å²) in [4.78, 5) is 12.4. The van der Waals surface area contributed by atoms with Crippen molar-refractivity contribution in [1.82, 2.24) is 9.88 Å². The maximum atomic E-state index is 12.4. The van der Waals surface area contributed by atoms with E-state index >= 15 is 0 Å². The van der Waals surface area contributed by atoms with E-state index in [9.17, 15) is 4.79 Å². The fraction of sp³-hybridized carbons (Fsp3) is 0.250. The molecule has 0 saturated heterocycles. The lowest BCUT2D eigenvalue weighted by molar-refractivity contribution is 0.0951. The van der Waals surface area contributed by atoms with Gasteiger partial charge in [0.15, 0.2) is 0 Å². The second kappa shape index (κ2) is 7.30. The summed E-state index contributed by atoms with van der Waals surface area (Å²) in [7, 11) is 3.13. The summed E-state index contributed by atoms with van der Waals surface area (Å²) in [5.74, 6) is 1.04. The SMILES string of the molecule is COc1cc(OC)cc(C(=O)NCCn2c(C)cc3ccccc32)c1. The minimum absolute atomic E-state index is 0.147. The number of carbonyl (C=O) groups excluding carboxylic acids is 1. The third-order valence-electron chi connectivity index (χ3n) is 4.25. The molecule has 1 heterocycles. The number of rotatable bonds is 6. The average Bonchev–Trinajstić information content (AvgIpc) is 2.96. The predicted molar refractivity (Wildman–Crippen MR) is 98.6 cm³/mol. The minimum atomic E-state index is -0.147. The summed E-state index contributed by atoms with van der Waals surface area (Å²) in [5, 5.41) is 4.17. The first-order valence-electron chi connectivity index (χ1n) is 8.18. The van der Waals surface area contributed by atoms with Crippen LogP contribution in [0.1, 0.15) is 16.1 Å². The zero-order valence-electron chi connectivity index (χ0n) is 14.7. The maximum Gasteiger partial charge on any atom is 0.251 e. The predicted octanol–water partition coefficient (Wildman–Crippen LogP) is 3.40. The highest BCUT2D eigenvalue weighted by Gasteiger charge is 2.10. The van der Waals surface area contributed by atoms with Crippen LogP contribution in [0.25, 0.3) is 10.9 Å². The van der Waals surface area contributed by atoms with E-state index in [1.165, 1.54) is 16.6 Å². The van der Waals surface area contributed by atoms with Crippen LogP contribution < -0.4 is 14.8 Å². The van der Waals surface area contributed by atoms with E-state index < -0.39 is 0 Å². The number of nitrogens with zero attached hydrogens (tertiary/aromatic N) is 1. The molecule has 0 aliphatic heterocycles. The van der Waals surface area contributed by atoms with Crippen LogP contribution in [-0.4, -0.2) is 31.2 Å². The van der Waals surface area contributed by atoms with Crippen molar-refractivity contribution < 1.29 is 14.3 Å². The van der Waals surface area contributed by atoms with Gasteiger partial charge in [0.05, 0.1) is 14.2 Å². The molecule has 0 aliphatic rings. The Kier molecular flexibility index (Phi) is 4.93. The lowest BCUT2D eigenvalue weighted by Crippen LogP contribution is -2.27. The van der Waals surface area contributed by atoms with E-state index in [0.717, 1.165) is 0 Å². The van der Waals surface area contributed by atoms with Gasteiger partial charge in [0.1, 0.15) is 11.5 Å². The van der Waals surface area contributed by atoms with Gasteiger partial charge in [-0.15, -0.1) is 0 Å². The van der Waals surface area contributed by atoms with Crippen molar-refractivity contribution in [2.75, 3.05) is 20.8 Å². The van der Waals surface area contributed by atoms with Crippen molar-refractivity contribution in [2.45, 2.75) is 13.5 Å². The van der Waals surface area contributed by atoms with Gasteiger partial charge in [-0.25, -0.2) is 0 Å². The largest absolute Gasteiger partial charge is 0.497 e. The Morgan fingerprint density at radius 3 is 2.40 bits per heavy atom. The number of amides is 1. The highest BCUT2D eigenvalue weighted by molar-refractivity contribution is 5.95. The molecule has 130 valence electrons. The Morgan fingerprint density at radius 2 is 1.72 bits per heavy atom. The van der Waals surface area contributed by atoms with E-state index in [-0.39, 0.29) is 5.91 Å². The molecule has 1 amide bonds. The normalized spacial score (nSPS) is 10.7. The van der Waals surface area contributed by atoms with Crippen LogP contribution in [-0.2, 0) is 6.54 Å². The van der Waals surface area contributed by atoms with Crippen LogP contribution in [0, 0.1) is 6.92 Å². The lowest BCUT2D eigenvalue weighted by Gasteiger charge is -2.11. The highest BCUT2D eigenvalue weighted by atomic mass is 16.5. The molecule has 5 nitrogen and oxygen atoms in total. The van der Waals surface area contributed by atoms with Crippen molar-refractivity contribution in [1.29, 1.82) is 0 Å². The van der Waals surface area contributed by atoms with Crippen LogP contribution in [0.2, 0.25) is 0 Å². The monoisotopic (exact) mass is 338 g/mol. The Balaban J connectivity index is 1.69. The fourth-order valence-corrected chi connectivity index (χ4v) is 2.97. The lowest BCUT2D eigenvalue weighted by atomic mass is 10.2. The minimum Gasteiger partial charge on any atom is -0.497 e. The molecule has 0 fully saturated rings. The molecule has 0 spiro atoms. The first-order chi connectivity index (χ1) is 12.1. The molecule has 3 rings (SSSR count). The first-order valence-corrected chi connectivity index (χ1v) is 8.18. The number of carbonyl (C=O) groups is 1. The number of fused-ring (bicyclic) bond motifs is 1. The summed E-state index contributed by atoms with van der Waals surface area (Å²) in [5.41, 5.74) is 2.88. The van der Waals surface area contributed by atoms with Gasteiger partial charge in [-0.1, -0.05) is 18.2 Å². The van der Waals surface area contributed by atoms with Crippen molar-refractivity contribution in [3.8, 4) is 11.5 Å². The summed E-state index contributed by atoms with van der Waals surface area (Å²) >= 11 is 0. The van der Waals surface area contributed by atoms with Gasteiger partial charge >= 0.3 is 0 Å². The van der Waals surface area contributed by atoms with Gasteiger partial charge < -0.3 is 19.4 Å². The smallest absolute Gasteiger partial charge is 0.251 e. The Labute approximate surface area is 147 Å². The third kappa shape index (κ3) is 3.60. The summed E-state index contributed by atoms with van der Waals surface area (Å²) in [6.07, 6.45) is 0. The molecular formula is C20H22N2O3. The van der Waals surface area contributed by atoms with Crippen molar-refractivity contribution in [2.24, 2.45) is 0 Å². The molecule has 1 N–H and O–H groups in total. The topological polar surface area (TPSA) is 52.5 Å². The number of nitrogens with one attached hydrogen (secondary N) is 1. The van der Waals surface area contributed by atoms with Gasteiger partial charge in [-0.2, -0.15) is 0 Å². The number of methoxy groups -OCH3 is 2. The molecule has 2 aromatic carbocycles. The Hall–Kier alpha value is -2.95. The summed E-state index contributed by atoms with van der Waals surface area (Å²) < 4.78 is 12.6. The van der Waals surface area contributed by atoms with E-state index in [4.69, 9.17) is 9.47 Å². The number of ether oxygens (including phenoxy) is 2. The quantitative estimate of drug-likeness (QED) is 0.749. The fourth-order valence-electron chi connectivity index (χ4n) is 2.97. The van der Waals surface area contributed by atoms with Crippen molar-refractivity contribution in [3.05, 3.63) is 59.8 Å². The molecule has 0 bridgehead atoms. The van der Waals surface area contributed by atoms with E-state index in [1.807, 2.05) is 12.1 Å². The number of hydrogen-bond donors (Lipinski definition) is 1. The van der Waals surface area contributed by atoms with E-state index in [1.54, 1.807) is 32.4 Å². The number of hydrogen-bond acceptors (Lipinski definition) is 3. The van der Waals surface area contributed by atoms with Crippen LogP contribution in [0.5, 0.6) is 11.5 Å². The van der Waals surface area contributed by atoms with Gasteiger partial charge in [0.25, 0.3) is 5.91 Å². The number of para-hydroxylation sites is 1. The first kappa shape index (κ1) is 16.9. The average molecular weight is 338 g/mol. The van der Waals surface area contributed by atoms with E-state index in [2.05, 4.69) is 35.0 Å². The molecule has 5 heteroatoms. The molecule has 0 atom stereocenters. The van der Waals surface area contributed by atoms with Crippen molar-refractivity contribution >= 4 is 16.8 Å². The molecule has 25 heavy (non-hydrogen) atoms. The van der Waals surface area contributed by atoms with Gasteiger partial charge in [-0.3, -0.25) is 4.79 Å². The zero-order valence-corrected chi connectivity index (χ0v) is 14.7. The van der Waals surface area contributed by atoms with Gasteiger partial charge in [0.2, 0.25) is 0 Å². The molecule has 0 radical (unpaired) electrons. The Morgan fingerprint density at radius 1 is 1.04 bits per heavy atom. The van der Waals surface area contributed by atoms with Crippen LogP contribution >= 0.6 is 0 Å². The standard InChI is InChI=1S/C20H22N2O3/c1-14-10-15-6-4-5-7-19(15)22(14)9-8-21-20(23)16-11-17(24-2)13-18(12-16)25-3/h4-7,10-13H,8-9H2,1-3H3,(H,21,23). The van der Waals surface area contributed by atoms with Gasteiger partial charge in [-0.05, 0) is 36.6 Å². The van der Waals surface area contributed by atoms with Crippen LogP contribution in [0.15, 0.2) is 48.5 Å². The van der Waals surface area contributed by atoms with Crippen LogP contribution in [0.3, 0.4) is 0 Å².